The number of carbonyl (C=O) groups is 2. The number of amides is 2. The maximum absolute atomic E-state index is 12.9. The van der Waals surface area contributed by atoms with Gasteiger partial charge in [-0.15, -0.1) is 0 Å². The molecule has 1 unspecified atom stereocenters. The van der Waals surface area contributed by atoms with Gasteiger partial charge in [-0.25, -0.2) is 0 Å². The summed E-state index contributed by atoms with van der Waals surface area (Å²) in [5.41, 5.74) is 1.05. The van der Waals surface area contributed by atoms with E-state index in [-0.39, 0.29) is 17.2 Å². The minimum atomic E-state index is 0.170. The van der Waals surface area contributed by atoms with E-state index in [1.165, 1.54) is 32.1 Å². The van der Waals surface area contributed by atoms with Crippen LogP contribution in [0.5, 0.6) is 0 Å². The van der Waals surface area contributed by atoms with Crippen LogP contribution in [0.4, 0.5) is 0 Å². The molecule has 2 saturated heterocycles. The monoisotopic (exact) mass is 390 g/mol. The smallest absolute Gasteiger partial charge is 0.254 e. The Morgan fingerprint density at radius 1 is 1.15 bits per heavy atom. The van der Waals surface area contributed by atoms with Crippen LogP contribution in [0.15, 0.2) is 16.8 Å². The van der Waals surface area contributed by atoms with Gasteiger partial charge in [0.15, 0.2) is 0 Å². The van der Waals surface area contributed by atoms with Crippen LogP contribution in [0, 0.1) is 11.3 Å². The van der Waals surface area contributed by atoms with Gasteiger partial charge in [0.2, 0.25) is 5.91 Å². The maximum atomic E-state index is 12.9. The van der Waals surface area contributed by atoms with E-state index in [0.29, 0.717) is 25.6 Å². The lowest BCUT2D eigenvalue weighted by molar-refractivity contribution is -0.135. The van der Waals surface area contributed by atoms with Crippen LogP contribution in [0.2, 0.25) is 0 Å². The lowest BCUT2D eigenvalue weighted by Crippen LogP contribution is -2.41. The highest BCUT2D eigenvalue weighted by Gasteiger charge is 2.48. The number of ether oxygens (including phenoxy) is 1. The largest absolute Gasteiger partial charge is 0.378 e. The molecule has 1 aromatic rings. The average Bonchev–Trinajstić information content (AvgIpc) is 3.36. The SMILES string of the molecule is O=C(CCC1CN(C(=O)c2ccsc2)CC12CCCCC2)N1CCOCC1. The lowest BCUT2D eigenvalue weighted by atomic mass is 9.66. The molecule has 0 aromatic carbocycles. The minimum absolute atomic E-state index is 0.170. The Kier molecular flexibility index (Phi) is 5.83. The topological polar surface area (TPSA) is 49.9 Å². The molecule has 4 rings (SSSR count). The first-order chi connectivity index (χ1) is 13.2. The molecule has 3 fully saturated rings. The van der Waals surface area contributed by atoms with Gasteiger partial charge in [-0.3, -0.25) is 9.59 Å². The Labute approximate surface area is 165 Å². The zero-order valence-corrected chi connectivity index (χ0v) is 16.8. The lowest BCUT2D eigenvalue weighted by Gasteiger charge is -2.38. The number of nitrogens with zero attached hydrogens (tertiary/aromatic N) is 2. The number of hydrogen-bond donors (Lipinski definition) is 0. The van der Waals surface area contributed by atoms with Crippen LogP contribution in [0.25, 0.3) is 0 Å². The number of likely N-dealkylation sites (tertiary alicyclic amines) is 1. The molecule has 3 heterocycles. The molecule has 1 atom stereocenters. The van der Waals surface area contributed by atoms with Crippen LogP contribution >= 0.6 is 11.3 Å². The van der Waals surface area contributed by atoms with E-state index >= 15 is 0 Å². The van der Waals surface area contributed by atoms with Crippen molar-refractivity contribution in [1.29, 1.82) is 0 Å². The number of hydrogen-bond acceptors (Lipinski definition) is 4. The first-order valence-corrected chi connectivity index (χ1v) is 11.3. The average molecular weight is 391 g/mol. The molecule has 1 aliphatic carbocycles. The highest BCUT2D eigenvalue weighted by molar-refractivity contribution is 7.08. The normalized spacial score (nSPS) is 25.1. The molecule has 0 bridgehead atoms. The Hall–Kier alpha value is -1.40. The predicted molar refractivity (Wildman–Crippen MR) is 106 cm³/mol. The molecular formula is C21H30N2O3S. The van der Waals surface area contributed by atoms with E-state index in [0.717, 1.165) is 38.2 Å². The Morgan fingerprint density at radius 3 is 2.63 bits per heavy atom. The Morgan fingerprint density at radius 2 is 1.93 bits per heavy atom. The van der Waals surface area contributed by atoms with Gasteiger partial charge in [0.25, 0.3) is 5.91 Å². The van der Waals surface area contributed by atoms with Crippen molar-refractivity contribution in [2.75, 3.05) is 39.4 Å². The van der Waals surface area contributed by atoms with E-state index in [2.05, 4.69) is 4.90 Å². The molecule has 6 heteroatoms. The van der Waals surface area contributed by atoms with Gasteiger partial charge in [-0.05, 0) is 42.0 Å². The molecule has 1 saturated carbocycles. The predicted octanol–water partition coefficient (Wildman–Crippen LogP) is 3.41. The van der Waals surface area contributed by atoms with Crippen molar-refractivity contribution in [2.45, 2.75) is 44.9 Å². The van der Waals surface area contributed by atoms with Crippen LogP contribution in [-0.4, -0.2) is 61.0 Å². The van der Waals surface area contributed by atoms with Gasteiger partial charge in [-0.2, -0.15) is 11.3 Å². The summed E-state index contributed by atoms with van der Waals surface area (Å²) < 4.78 is 5.36. The molecule has 3 aliphatic rings. The highest BCUT2D eigenvalue weighted by Crippen LogP contribution is 2.49. The number of rotatable bonds is 4. The summed E-state index contributed by atoms with van der Waals surface area (Å²) in [6.45, 7) is 4.43. The van der Waals surface area contributed by atoms with Gasteiger partial charge < -0.3 is 14.5 Å². The Balaban J connectivity index is 1.42. The second-order valence-electron chi connectivity index (χ2n) is 8.35. The number of morpholine rings is 1. The van der Waals surface area contributed by atoms with Crippen molar-refractivity contribution in [2.24, 2.45) is 11.3 Å². The van der Waals surface area contributed by atoms with Gasteiger partial charge in [0, 0.05) is 38.0 Å². The quantitative estimate of drug-likeness (QED) is 0.792. The van der Waals surface area contributed by atoms with Crippen molar-refractivity contribution >= 4 is 23.2 Å². The fourth-order valence-corrected chi connectivity index (χ4v) is 5.87. The van der Waals surface area contributed by atoms with Gasteiger partial charge in [-0.1, -0.05) is 19.3 Å². The third-order valence-electron chi connectivity index (χ3n) is 6.79. The zero-order chi connectivity index (χ0) is 18.7. The van der Waals surface area contributed by atoms with Crippen molar-refractivity contribution in [3.63, 3.8) is 0 Å². The number of carbonyl (C=O) groups excluding carboxylic acids is 2. The molecule has 1 spiro atoms. The van der Waals surface area contributed by atoms with E-state index in [9.17, 15) is 9.59 Å². The molecule has 1 aromatic heterocycles. The molecule has 2 amide bonds. The minimum Gasteiger partial charge on any atom is -0.378 e. The highest BCUT2D eigenvalue weighted by atomic mass is 32.1. The Bertz CT molecular complexity index is 648. The van der Waals surface area contributed by atoms with Crippen LogP contribution in [-0.2, 0) is 9.53 Å². The van der Waals surface area contributed by atoms with Crippen molar-refractivity contribution < 1.29 is 14.3 Å². The summed E-state index contributed by atoms with van der Waals surface area (Å²) >= 11 is 1.58. The van der Waals surface area contributed by atoms with Crippen molar-refractivity contribution in [3.8, 4) is 0 Å². The molecule has 2 aliphatic heterocycles. The first-order valence-electron chi connectivity index (χ1n) is 10.3. The van der Waals surface area contributed by atoms with E-state index in [1.54, 1.807) is 11.3 Å². The fourth-order valence-electron chi connectivity index (χ4n) is 5.25. The second kappa shape index (κ2) is 8.31. The summed E-state index contributed by atoms with van der Waals surface area (Å²) in [5, 5.41) is 3.92. The number of thiophene rings is 1. The molecular weight excluding hydrogens is 360 g/mol. The maximum Gasteiger partial charge on any atom is 0.254 e. The molecule has 148 valence electrons. The summed E-state index contributed by atoms with van der Waals surface area (Å²) in [4.78, 5) is 29.5. The van der Waals surface area contributed by atoms with Crippen LogP contribution in [0.3, 0.4) is 0 Å². The van der Waals surface area contributed by atoms with Crippen molar-refractivity contribution in [1.82, 2.24) is 9.80 Å². The van der Waals surface area contributed by atoms with E-state index in [1.807, 2.05) is 21.7 Å². The zero-order valence-electron chi connectivity index (χ0n) is 16.0. The van der Waals surface area contributed by atoms with Gasteiger partial charge in [0.1, 0.15) is 0 Å². The summed E-state index contributed by atoms with van der Waals surface area (Å²) in [6, 6.07) is 1.93. The third-order valence-corrected chi connectivity index (χ3v) is 7.47. The molecule has 0 radical (unpaired) electrons. The second-order valence-corrected chi connectivity index (χ2v) is 9.13. The summed E-state index contributed by atoms with van der Waals surface area (Å²) in [6.07, 6.45) is 7.74. The third kappa shape index (κ3) is 4.06. The standard InChI is InChI=1S/C21H30N2O3S/c24-19(22-9-11-26-12-10-22)5-4-18-14-23(20(25)17-6-13-27-15-17)16-21(18)7-2-1-3-8-21/h6,13,15,18H,1-5,7-12,14,16H2. The van der Waals surface area contributed by atoms with Crippen LogP contribution in [0.1, 0.15) is 55.3 Å². The summed E-state index contributed by atoms with van der Waals surface area (Å²) in [7, 11) is 0. The van der Waals surface area contributed by atoms with Crippen molar-refractivity contribution in [3.05, 3.63) is 22.4 Å². The van der Waals surface area contributed by atoms with E-state index in [4.69, 9.17) is 4.74 Å². The summed E-state index contributed by atoms with van der Waals surface area (Å²) in [5.74, 6) is 0.875. The molecule has 0 N–H and O–H groups in total. The van der Waals surface area contributed by atoms with Gasteiger partial charge >= 0.3 is 0 Å². The van der Waals surface area contributed by atoms with E-state index < -0.39 is 0 Å². The first kappa shape index (κ1) is 18.9. The molecule has 27 heavy (non-hydrogen) atoms. The van der Waals surface area contributed by atoms with Crippen LogP contribution < -0.4 is 0 Å². The molecule has 5 nitrogen and oxygen atoms in total. The van der Waals surface area contributed by atoms with Gasteiger partial charge in [0.05, 0.1) is 18.8 Å². The fraction of sp³-hybridized carbons (Fsp3) is 0.714.